The van der Waals surface area contributed by atoms with E-state index < -0.39 is 5.66 Å². The minimum absolute atomic E-state index is 0.0932. The van der Waals surface area contributed by atoms with Gasteiger partial charge in [-0.2, -0.15) is 0 Å². The normalized spacial score (nSPS) is 32.9. The van der Waals surface area contributed by atoms with Gasteiger partial charge < -0.3 is 5.73 Å². The zero-order valence-electron chi connectivity index (χ0n) is 8.70. The Hall–Kier alpha value is -0.930. The number of likely N-dealkylation sites (tertiary alicyclic amines) is 1. The van der Waals surface area contributed by atoms with Crippen LogP contribution >= 0.6 is 0 Å². The third kappa shape index (κ3) is 1.53. The Morgan fingerprint density at radius 2 is 2.36 bits per heavy atom. The number of ketones is 1. The summed E-state index contributed by atoms with van der Waals surface area (Å²) in [5, 5.41) is 0. The lowest BCUT2D eigenvalue weighted by molar-refractivity contribution is -0.126. The maximum atomic E-state index is 11.7. The summed E-state index contributed by atoms with van der Waals surface area (Å²) in [5.74, 6) is 0.0808. The molecule has 0 saturated carbocycles. The Kier molecular flexibility index (Phi) is 3.24. The van der Waals surface area contributed by atoms with E-state index in [9.17, 15) is 4.79 Å². The zero-order valence-corrected chi connectivity index (χ0v) is 8.70. The smallest absolute Gasteiger partial charge is 0.189 e. The lowest BCUT2D eigenvalue weighted by atomic mass is 9.91. The molecule has 1 saturated heterocycles. The highest BCUT2D eigenvalue weighted by molar-refractivity contribution is 5.97. The first-order chi connectivity index (χ1) is 6.57. The lowest BCUT2D eigenvalue weighted by Gasteiger charge is -2.34. The average molecular weight is 194 g/mol. The number of carbonyl (C=O) groups is 1. The van der Waals surface area contributed by atoms with Crippen molar-refractivity contribution in [2.75, 3.05) is 13.1 Å². The summed E-state index contributed by atoms with van der Waals surface area (Å²) in [4.78, 5) is 13.7. The van der Waals surface area contributed by atoms with E-state index in [0.29, 0.717) is 6.54 Å². The van der Waals surface area contributed by atoms with Crippen molar-refractivity contribution in [1.82, 2.24) is 4.90 Å². The number of nitrogens with two attached hydrogens (primary N) is 1. The van der Waals surface area contributed by atoms with E-state index in [4.69, 9.17) is 5.73 Å². The molecule has 0 spiro atoms. The van der Waals surface area contributed by atoms with Crippen LogP contribution in [0.5, 0.6) is 0 Å². The van der Waals surface area contributed by atoms with Gasteiger partial charge in [-0.3, -0.25) is 9.69 Å². The first kappa shape index (κ1) is 11.1. The number of nitrogens with zero attached hydrogens (tertiary/aromatic N) is 1. The van der Waals surface area contributed by atoms with Crippen molar-refractivity contribution in [3.8, 4) is 0 Å². The van der Waals surface area contributed by atoms with Gasteiger partial charge in [0.1, 0.15) is 5.66 Å². The summed E-state index contributed by atoms with van der Waals surface area (Å²) in [7, 11) is 0. The van der Waals surface area contributed by atoms with Crippen molar-refractivity contribution in [2.45, 2.75) is 19.0 Å². The largest absolute Gasteiger partial charge is 0.306 e. The Balaban J connectivity index is 2.93. The van der Waals surface area contributed by atoms with Crippen LogP contribution < -0.4 is 5.73 Å². The molecule has 14 heavy (non-hydrogen) atoms. The molecular weight excluding hydrogens is 176 g/mol. The monoisotopic (exact) mass is 194 g/mol. The number of rotatable bonds is 4. The van der Waals surface area contributed by atoms with E-state index in [1.54, 1.807) is 6.08 Å². The summed E-state index contributed by atoms with van der Waals surface area (Å²) in [6, 6.07) is 0. The third-order valence-electron chi connectivity index (χ3n) is 3.04. The molecule has 1 aliphatic heterocycles. The molecule has 1 aliphatic rings. The maximum absolute atomic E-state index is 11.7. The van der Waals surface area contributed by atoms with Gasteiger partial charge in [0.05, 0.1) is 0 Å². The molecule has 1 heterocycles. The molecule has 2 unspecified atom stereocenters. The molecule has 2 N–H and O–H groups in total. The van der Waals surface area contributed by atoms with Crippen LogP contribution in [0.2, 0.25) is 0 Å². The van der Waals surface area contributed by atoms with Crippen LogP contribution in [0.3, 0.4) is 0 Å². The standard InChI is InChI=1S/C11H18N2O/c1-4-7-13-8-6-9(3)11(13,12)10(14)5-2/h4-5,9H,1-2,6-8,12H2,3H3. The number of carbonyl (C=O) groups excluding carboxylic acids is 1. The van der Waals surface area contributed by atoms with Gasteiger partial charge in [-0.1, -0.05) is 19.6 Å². The van der Waals surface area contributed by atoms with Gasteiger partial charge >= 0.3 is 0 Å². The van der Waals surface area contributed by atoms with Crippen LogP contribution in [0, 0.1) is 5.92 Å². The lowest BCUT2D eigenvalue weighted by Crippen LogP contribution is -2.60. The van der Waals surface area contributed by atoms with Gasteiger partial charge in [-0.05, 0) is 18.4 Å². The number of hydrogen-bond donors (Lipinski definition) is 1. The Labute approximate surface area is 85.3 Å². The second kappa shape index (κ2) is 4.07. The van der Waals surface area contributed by atoms with Crippen LogP contribution in [0.1, 0.15) is 13.3 Å². The first-order valence-corrected chi connectivity index (χ1v) is 4.89. The van der Waals surface area contributed by atoms with Gasteiger partial charge in [0.25, 0.3) is 0 Å². The van der Waals surface area contributed by atoms with Gasteiger partial charge in [0.15, 0.2) is 5.78 Å². The van der Waals surface area contributed by atoms with Gasteiger partial charge in [-0.25, -0.2) is 0 Å². The first-order valence-electron chi connectivity index (χ1n) is 4.89. The zero-order chi connectivity index (χ0) is 10.8. The van der Waals surface area contributed by atoms with Crippen molar-refractivity contribution >= 4 is 5.78 Å². The van der Waals surface area contributed by atoms with Crippen molar-refractivity contribution < 1.29 is 4.79 Å². The molecule has 0 aliphatic carbocycles. The Morgan fingerprint density at radius 3 is 2.86 bits per heavy atom. The van der Waals surface area contributed by atoms with Gasteiger partial charge in [-0.15, -0.1) is 6.58 Å². The van der Waals surface area contributed by atoms with E-state index in [2.05, 4.69) is 13.2 Å². The molecule has 78 valence electrons. The highest BCUT2D eigenvalue weighted by Crippen LogP contribution is 2.31. The highest BCUT2D eigenvalue weighted by Gasteiger charge is 2.47. The molecule has 3 heteroatoms. The molecule has 2 atom stereocenters. The van der Waals surface area contributed by atoms with Gasteiger partial charge in [0, 0.05) is 13.1 Å². The molecular formula is C11H18N2O. The van der Waals surface area contributed by atoms with Crippen LogP contribution in [-0.4, -0.2) is 29.4 Å². The fraction of sp³-hybridized carbons (Fsp3) is 0.545. The molecule has 0 amide bonds. The topological polar surface area (TPSA) is 46.3 Å². The molecule has 0 aromatic carbocycles. The summed E-state index contributed by atoms with van der Waals surface area (Å²) >= 11 is 0. The van der Waals surface area contributed by atoms with Crippen LogP contribution in [0.15, 0.2) is 25.3 Å². The second-order valence-corrected chi connectivity index (χ2v) is 3.82. The minimum atomic E-state index is -0.865. The van der Waals surface area contributed by atoms with Gasteiger partial charge in [0.2, 0.25) is 0 Å². The average Bonchev–Trinajstić information content (AvgIpc) is 2.46. The van der Waals surface area contributed by atoms with E-state index >= 15 is 0 Å². The fourth-order valence-corrected chi connectivity index (χ4v) is 2.03. The molecule has 0 aromatic heterocycles. The van der Waals surface area contributed by atoms with E-state index in [1.807, 2.05) is 11.8 Å². The molecule has 1 fully saturated rings. The quantitative estimate of drug-likeness (QED) is 0.535. The molecule has 3 nitrogen and oxygen atoms in total. The number of hydrogen-bond acceptors (Lipinski definition) is 3. The minimum Gasteiger partial charge on any atom is -0.306 e. The molecule has 0 radical (unpaired) electrons. The maximum Gasteiger partial charge on any atom is 0.189 e. The fourth-order valence-electron chi connectivity index (χ4n) is 2.03. The van der Waals surface area contributed by atoms with Crippen molar-refractivity contribution in [3.05, 3.63) is 25.3 Å². The van der Waals surface area contributed by atoms with Crippen LogP contribution in [0.25, 0.3) is 0 Å². The predicted molar refractivity (Wildman–Crippen MR) is 57.7 cm³/mol. The summed E-state index contributed by atoms with van der Waals surface area (Å²) in [6.45, 7) is 10.7. The van der Waals surface area contributed by atoms with E-state index in [1.165, 1.54) is 6.08 Å². The predicted octanol–water partition coefficient (Wildman–Crippen LogP) is 0.924. The summed E-state index contributed by atoms with van der Waals surface area (Å²) < 4.78 is 0. The van der Waals surface area contributed by atoms with Crippen LogP contribution in [0.4, 0.5) is 0 Å². The third-order valence-corrected chi connectivity index (χ3v) is 3.04. The molecule has 1 rings (SSSR count). The van der Waals surface area contributed by atoms with Crippen molar-refractivity contribution in [2.24, 2.45) is 11.7 Å². The Bertz CT molecular complexity index is 262. The van der Waals surface area contributed by atoms with Crippen molar-refractivity contribution in [3.63, 3.8) is 0 Å². The van der Waals surface area contributed by atoms with E-state index in [0.717, 1.165) is 13.0 Å². The SMILES string of the molecule is C=CCN1CCC(C)C1(N)C(=O)C=C. The van der Waals surface area contributed by atoms with E-state index in [-0.39, 0.29) is 11.7 Å². The highest BCUT2D eigenvalue weighted by atomic mass is 16.1. The van der Waals surface area contributed by atoms with Crippen LogP contribution in [-0.2, 0) is 4.79 Å². The Morgan fingerprint density at radius 1 is 1.71 bits per heavy atom. The molecule has 0 bridgehead atoms. The molecule has 0 aromatic rings. The van der Waals surface area contributed by atoms with Crippen molar-refractivity contribution in [1.29, 1.82) is 0 Å². The summed E-state index contributed by atoms with van der Waals surface area (Å²) in [6.07, 6.45) is 4.04. The second-order valence-electron chi connectivity index (χ2n) is 3.82. The summed E-state index contributed by atoms with van der Waals surface area (Å²) in [5.41, 5.74) is 5.28.